The van der Waals surface area contributed by atoms with Gasteiger partial charge in [-0.1, -0.05) is 37.3 Å². The van der Waals surface area contributed by atoms with Crippen molar-refractivity contribution in [1.82, 2.24) is 4.90 Å². The van der Waals surface area contributed by atoms with Gasteiger partial charge in [-0.25, -0.2) is 0 Å². The Bertz CT molecular complexity index is 714. The normalized spacial score (nSPS) is 19.8. The molecule has 1 fully saturated rings. The van der Waals surface area contributed by atoms with Crippen LogP contribution in [0.2, 0.25) is 0 Å². The Morgan fingerprint density at radius 2 is 1.96 bits per heavy atom. The van der Waals surface area contributed by atoms with Crippen molar-refractivity contribution in [1.29, 1.82) is 0 Å². The molecule has 3 rings (SSSR count). The summed E-state index contributed by atoms with van der Waals surface area (Å²) in [6.45, 7) is 6.92. The number of carbonyl (C=O) groups excluding carboxylic acids is 1. The minimum atomic E-state index is 0.00610. The summed E-state index contributed by atoms with van der Waals surface area (Å²) in [6, 6.07) is 14.2. The van der Waals surface area contributed by atoms with Gasteiger partial charge in [0.2, 0.25) is 5.91 Å². The van der Waals surface area contributed by atoms with Crippen LogP contribution in [0.1, 0.15) is 50.2 Å². The SMILES string of the molecule is CC1CC1c1ccc(/C=C/C(=O)N(Cc2ccccc2)C(C)C)o1. The predicted molar refractivity (Wildman–Crippen MR) is 96.4 cm³/mol. The average molecular weight is 323 g/mol. The molecule has 0 N–H and O–H groups in total. The first-order valence-electron chi connectivity index (χ1n) is 8.67. The molecule has 0 bridgehead atoms. The number of benzene rings is 1. The van der Waals surface area contributed by atoms with Crippen molar-refractivity contribution in [2.45, 2.75) is 45.7 Å². The maximum atomic E-state index is 12.6. The average Bonchev–Trinajstić information content (AvgIpc) is 3.11. The summed E-state index contributed by atoms with van der Waals surface area (Å²) >= 11 is 0. The van der Waals surface area contributed by atoms with Gasteiger partial charge in [0.05, 0.1) is 0 Å². The maximum absolute atomic E-state index is 12.6. The van der Waals surface area contributed by atoms with Crippen molar-refractivity contribution in [2.75, 3.05) is 0 Å². The standard InChI is InChI=1S/C21H25NO2/c1-15(2)22(14-17-7-5-4-6-8-17)21(23)12-10-18-9-11-20(24-18)19-13-16(19)3/h4-12,15-16,19H,13-14H2,1-3H3/b12-10+. The molecule has 24 heavy (non-hydrogen) atoms. The molecule has 2 unspecified atom stereocenters. The highest BCUT2D eigenvalue weighted by Crippen LogP contribution is 2.47. The molecule has 1 aromatic heterocycles. The van der Waals surface area contributed by atoms with Crippen LogP contribution in [0.3, 0.4) is 0 Å². The first-order valence-corrected chi connectivity index (χ1v) is 8.67. The lowest BCUT2D eigenvalue weighted by atomic mass is 10.2. The molecule has 126 valence electrons. The molecule has 1 amide bonds. The Morgan fingerprint density at radius 1 is 1.25 bits per heavy atom. The van der Waals surface area contributed by atoms with Crippen LogP contribution in [0.5, 0.6) is 0 Å². The predicted octanol–water partition coefficient (Wildman–Crippen LogP) is 4.85. The van der Waals surface area contributed by atoms with Crippen LogP contribution in [0.4, 0.5) is 0 Å². The van der Waals surface area contributed by atoms with Crippen LogP contribution in [0.15, 0.2) is 53.0 Å². The fourth-order valence-corrected chi connectivity index (χ4v) is 2.92. The van der Waals surface area contributed by atoms with E-state index < -0.39 is 0 Å². The second kappa shape index (κ2) is 7.08. The number of furan rings is 1. The van der Waals surface area contributed by atoms with E-state index in [0.717, 1.165) is 23.0 Å². The summed E-state index contributed by atoms with van der Waals surface area (Å²) in [4.78, 5) is 14.4. The molecule has 0 aliphatic heterocycles. The highest BCUT2D eigenvalue weighted by molar-refractivity contribution is 5.91. The lowest BCUT2D eigenvalue weighted by molar-refractivity contribution is -0.128. The summed E-state index contributed by atoms with van der Waals surface area (Å²) in [7, 11) is 0. The minimum Gasteiger partial charge on any atom is -0.461 e. The van der Waals surface area contributed by atoms with Gasteiger partial charge in [-0.15, -0.1) is 0 Å². The number of nitrogens with zero attached hydrogens (tertiary/aromatic N) is 1. The van der Waals surface area contributed by atoms with Crippen LogP contribution >= 0.6 is 0 Å². The summed E-state index contributed by atoms with van der Waals surface area (Å²) in [5, 5.41) is 0. The maximum Gasteiger partial charge on any atom is 0.247 e. The van der Waals surface area contributed by atoms with E-state index in [1.165, 1.54) is 6.42 Å². The number of rotatable bonds is 6. The largest absolute Gasteiger partial charge is 0.461 e. The number of hydrogen-bond donors (Lipinski definition) is 0. The Balaban J connectivity index is 1.65. The zero-order chi connectivity index (χ0) is 17.1. The van der Waals surface area contributed by atoms with Crippen LogP contribution in [-0.4, -0.2) is 16.8 Å². The zero-order valence-corrected chi connectivity index (χ0v) is 14.6. The van der Waals surface area contributed by atoms with E-state index in [-0.39, 0.29) is 11.9 Å². The van der Waals surface area contributed by atoms with E-state index >= 15 is 0 Å². The molecule has 0 spiro atoms. The topological polar surface area (TPSA) is 33.5 Å². The first-order chi connectivity index (χ1) is 11.5. The van der Waals surface area contributed by atoms with Crippen molar-refractivity contribution in [3.63, 3.8) is 0 Å². The molecular weight excluding hydrogens is 298 g/mol. The third kappa shape index (κ3) is 3.97. The van der Waals surface area contributed by atoms with E-state index in [4.69, 9.17) is 4.42 Å². The third-order valence-corrected chi connectivity index (χ3v) is 4.61. The molecule has 2 atom stereocenters. The molecule has 1 saturated carbocycles. The summed E-state index contributed by atoms with van der Waals surface area (Å²) in [5.41, 5.74) is 1.14. The van der Waals surface area contributed by atoms with Crippen LogP contribution in [0, 0.1) is 5.92 Å². The Hall–Kier alpha value is -2.29. The lowest BCUT2D eigenvalue weighted by Gasteiger charge is -2.25. The van der Waals surface area contributed by atoms with Crippen molar-refractivity contribution >= 4 is 12.0 Å². The van der Waals surface area contributed by atoms with Gasteiger partial charge in [0.15, 0.2) is 0 Å². The molecule has 0 radical (unpaired) electrons. The second-order valence-corrected chi connectivity index (χ2v) is 6.94. The summed E-state index contributed by atoms with van der Waals surface area (Å²) in [6.07, 6.45) is 4.59. The van der Waals surface area contributed by atoms with Crippen molar-refractivity contribution in [3.05, 3.63) is 65.6 Å². The van der Waals surface area contributed by atoms with Gasteiger partial charge in [0.1, 0.15) is 11.5 Å². The molecule has 3 heteroatoms. The molecule has 1 aliphatic carbocycles. The first kappa shape index (κ1) is 16.6. The van der Waals surface area contributed by atoms with Gasteiger partial charge in [0.25, 0.3) is 0 Å². The van der Waals surface area contributed by atoms with E-state index in [1.807, 2.05) is 61.2 Å². The molecule has 1 heterocycles. The van der Waals surface area contributed by atoms with E-state index in [0.29, 0.717) is 12.5 Å². The Labute approximate surface area is 144 Å². The fourth-order valence-electron chi connectivity index (χ4n) is 2.92. The second-order valence-electron chi connectivity index (χ2n) is 6.94. The quantitative estimate of drug-likeness (QED) is 0.712. The summed E-state index contributed by atoms with van der Waals surface area (Å²) in [5.74, 6) is 3.08. The van der Waals surface area contributed by atoms with Crippen LogP contribution in [0.25, 0.3) is 6.08 Å². The van der Waals surface area contributed by atoms with Crippen molar-refractivity contribution in [2.24, 2.45) is 5.92 Å². The van der Waals surface area contributed by atoms with Gasteiger partial charge >= 0.3 is 0 Å². The van der Waals surface area contributed by atoms with Gasteiger partial charge < -0.3 is 9.32 Å². The molecule has 2 aromatic rings. The monoisotopic (exact) mass is 323 g/mol. The number of amides is 1. The van der Waals surface area contributed by atoms with Crippen molar-refractivity contribution < 1.29 is 9.21 Å². The third-order valence-electron chi connectivity index (χ3n) is 4.61. The van der Waals surface area contributed by atoms with Crippen LogP contribution < -0.4 is 0 Å². The van der Waals surface area contributed by atoms with Crippen molar-refractivity contribution in [3.8, 4) is 0 Å². The smallest absolute Gasteiger partial charge is 0.247 e. The Kier molecular flexibility index (Phi) is 4.89. The van der Waals surface area contributed by atoms with Gasteiger partial charge in [-0.3, -0.25) is 4.79 Å². The molecule has 3 nitrogen and oxygen atoms in total. The van der Waals surface area contributed by atoms with Gasteiger partial charge in [-0.2, -0.15) is 0 Å². The van der Waals surface area contributed by atoms with E-state index in [1.54, 1.807) is 12.2 Å². The number of carbonyl (C=O) groups is 1. The van der Waals surface area contributed by atoms with E-state index in [9.17, 15) is 4.79 Å². The minimum absolute atomic E-state index is 0.00610. The highest BCUT2D eigenvalue weighted by atomic mass is 16.3. The summed E-state index contributed by atoms with van der Waals surface area (Å²) < 4.78 is 5.83. The van der Waals surface area contributed by atoms with Gasteiger partial charge in [-0.05, 0) is 50.0 Å². The lowest BCUT2D eigenvalue weighted by Crippen LogP contribution is -2.35. The highest BCUT2D eigenvalue weighted by Gasteiger charge is 2.36. The number of hydrogen-bond acceptors (Lipinski definition) is 2. The fraction of sp³-hybridized carbons (Fsp3) is 0.381. The molecule has 0 saturated heterocycles. The Morgan fingerprint density at radius 3 is 2.58 bits per heavy atom. The molecule has 1 aliphatic rings. The van der Waals surface area contributed by atoms with Crippen LogP contribution in [-0.2, 0) is 11.3 Å². The molecular formula is C21H25NO2. The van der Waals surface area contributed by atoms with Gasteiger partial charge in [0, 0.05) is 24.6 Å². The van der Waals surface area contributed by atoms with E-state index in [2.05, 4.69) is 6.92 Å². The zero-order valence-electron chi connectivity index (χ0n) is 14.6. The molecule has 1 aromatic carbocycles.